The van der Waals surface area contributed by atoms with Crippen LogP contribution >= 0.6 is 0 Å². The lowest BCUT2D eigenvalue weighted by Crippen LogP contribution is -2.09. The zero-order valence-corrected chi connectivity index (χ0v) is 12.2. The van der Waals surface area contributed by atoms with Crippen LogP contribution in [0.4, 0.5) is 0 Å². The van der Waals surface area contributed by atoms with Crippen molar-refractivity contribution in [3.8, 4) is 5.75 Å². The van der Waals surface area contributed by atoms with Gasteiger partial charge in [-0.05, 0) is 37.5 Å². The highest BCUT2D eigenvalue weighted by Gasteiger charge is 2.14. The molecule has 0 atom stereocenters. The predicted molar refractivity (Wildman–Crippen MR) is 76.8 cm³/mol. The fourth-order valence-corrected chi connectivity index (χ4v) is 1.83. The third-order valence-electron chi connectivity index (χ3n) is 2.84. The van der Waals surface area contributed by atoms with Gasteiger partial charge in [0.1, 0.15) is 11.3 Å². The van der Waals surface area contributed by atoms with Gasteiger partial charge in [0.15, 0.2) is 0 Å². The minimum atomic E-state index is -0.308. The van der Waals surface area contributed by atoms with Gasteiger partial charge in [-0.3, -0.25) is 0 Å². The molecule has 0 saturated heterocycles. The van der Waals surface area contributed by atoms with Crippen molar-refractivity contribution in [2.24, 2.45) is 0 Å². The number of ether oxygens (including phenoxy) is 2. The van der Waals surface area contributed by atoms with Crippen LogP contribution in [0, 0.1) is 0 Å². The van der Waals surface area contributed by atoms with Gasteiger partial charge in [-0.1, -0.05) is 32.8 Å². The molecule has 0 N–H and O–H groups in total. The van der Waals surface area contributed by atoms with Crippen LogP contribution in [0.3, 0.4) is 0 Å². The molecule has 1 aromatic rings. The van der Waals surface area contributed by atoms with Crippen molar-refractivity contribution in [3.05, 3.63) is 29.3 Å². The number of benzene rings is 1. The van der Waals surface area contributed by atoms with Gasteiger partial charge < -0.3 is 9.47 Å². The van der Waals surface area contributed by atoms with E-state index in [2.05, 4.69) is 13.8 Å². The molecule has 3 nitrogen and oxygen atoms in total. The lowest BCUT2D eigenvalue weighted by Gasteiger charge is -2.12. The molecule has 0 amide bonds. The standard InChI is InChI=1S/C16H24O3/c1-4-7-11-19-15-12-13(8-5-2)9-10-14(15)16(17)18-6-3/h9-10,12H,4-8,11H2,1-3H3. The summed E-state index contributed by atoms with van der Waals surface area (Å²) >= 11 is 0. The lowest BCUT2D eigenvalue weighted by molar-refractivity contribution is 0.0521. The highest BCUT2D eigenvalue weighted by molar-refractivity contribution is 5.92. The summed E-state index contributed by atoms with van der Waals surface area (Å²) < 4.78 is 10.8. The Kier molecular flexibility index (Phi) is 7.01. The van der Waals surface area contributed by atoms with Crippen molar-refractivity contribution in [1.82, 2.24) is 0 Å². The number of carbonyl (C=O) groups is 1. The summed E-state index contributed by atoms with van der Waals surface area (Å²) in [4.78, 5) is 11.9. The number of rotatable bonds is 8. The molecule has 1 aromatic carbocycles. The first kappa shape index (κ1) is 15.5. The molecular formula is C16H24O3. The van der Waals surface area contributed by atoms with E-state index < -0.39 is 0 Å². The first-order chi connectivity index (χ1) is 9.22. The number of hydrogen-bond acceptors (Lipinski definition) is 3. The second kappa shape index (κ2) is 8.57. The second-order valence-electron chi connectivity index (χ2n) is 4.50. The molecule has 0 bridgehead atoms. The van der Waals surface area contributed by atoms with Crippen LogP contribution < -0.4 is 4.74 Å². The number of hydrogen-bond donors (Lipinski definition) is 0. The molecule has 0 heterocycles. The molecule has 0 fully saturated rings. The Balaban J connectivity index is 2.90. The van der Waals surface area contributed by atoms with Gasteiger partial charge >= 0.3 is 5.97 Å². The van der Waals surface area contributed by atoms with Crippen molar-refractivity contribution >= 4 is 5.97 Å². The maximum atomic E-state index is 11.9. The molecule has 0 unspecified atom stereocenters. The smallest absolute Gasteiger partial charge is 0.341 e. The zero-order chi connectivity index (χ0) is 14.1. The van der Waals surface area contributed by atoms with E-state index in [1.54, 1.807) is 6.92 Å². The Morgan fingerprint density at radius 2 is 1.95 bits per heavy atom. The molecule has 0 aliphatic heterocycles. The summed E-state index contributed by atoms with van der Waals surface area (Å²) in [6.07, 6.45) is 4.13. The first-order valence-corrected chi connectivity index (χ1v) is 7.15. The van der Waals surface area contributed by atoms with Gasteiger partial charge in [0.2, 0.25) is 0 Å². The van der Waals surface area contributed by atoms with E-state index in [4.69, 9.17) is 9.47 Å². The van der Waals surface area contributed by atoms with Crippen LogP contribution in [-0.4, -0.2) is 19.2 Å². The Hall–Kier alpha value is -1.51. The SMILES string of the molecule is CCCCOc1cc(CCC)ccc1C(=O)OCC. The summed E-state index contributed by atoms with van der Waals surface area (Å²) in [5.74, 6) is 0.342. The summed E-state index contributed by atoms with van der Waals surface area (Å²) in [5.41, 5.74) is 1.72. The molecule has 0 radical (unpaired) electrons. The maximum absolute atomic E-state index is 11.9. The third-order valence-corrected chi connectivity index (χ3v) is 2.84. The van der Waals surface area contributed by atoms with Crippen molar-refractivity contribution in [2.75, 3.05) is 13.2 Å². The highest BCUT2D eigenvalue weighted by atomic mass is 16.5. The Labute approximate surface area is 115 Å². The normalized spacial score (nSPS) is 10.3. The van der Waals surface area contributed by atoms with E-state index >= 15 is 0 Å². The maximum Gasteiger partial charge on any atom is 0.341 e. The highest BCUT2D eigenvalue weighted by Crippen LogP contribution is 2.23. The average Bonchev–Trinajstić information content (AvgIpc) is 2.40. The molecule has 106 valence electrons. The van der Waals surface area contributed by atoms with Gasteiger partial charge in [-0.2, -0.15) is 0 Å². The van der Waals surface area contributed by atoms with E-state index in [0.717, 1.165) is 25.7 Å². The quantitative estimate of drug-likeness (QED) is 0.526. The minimum Gasteiger partial charge on any atom is -0.493 e. The second-order valence-corrected chi connectivity index (χ2v) is 4.50. The molecule has 19 heavy (non-hydrogen) atoms. The average molecular weight is 264 g/mol. The topological polar surface area (TPSA) is 35.5 Å². The monoisotopic (exact) mass is 264 g/mol. The molecule has 3 heteroatoms. The Morgan fingerprint density at radius 3 is 2.58 bits per heavy atom. The van der Waals surface area contributed by atoms with Crippen LogP contribution in [0.25, 0.3) is 0 Å². The molecule has 1 rings (SSSR count). The minimum absolute atomic E-state index is 0.308. The Bertz CT molecular complexity index is 399. The van der Waals surface area contributed by atoms with Gasteiger partial charge in [-0.15, -0.1) is 0 Å². The third kappa shape index (κ3) is 4.93. The van der Waals surface area contributed by atoms with E-state index in [9.17, 15) is 4.79 Å². The van der Waals surface area contributed by atoms with Gasteiger partial charge in [0.25, 0.3) is 0 Å². The number of aryl methyl sites for hydroxylation is 1. The largest absolute Gasteiger partial charge is 0.493 e. The van der Waals surface area contributed by atoms with Crippen molar-refractivity contribution in [1.29, 1.82) is 0 Å². The van der Waals surface area contributed by atoms with Crippen molar-refractivity contribution in [3.63, 3.8) is 0 Å². The lowest BCUT2D eigenvalue weighted by atomic mass is 10.1. The van der Waals surface area contributed by atoms with Gasteiger partial charge in [-0.25, -0.2) is 4.79 Å². The van der Waals surface area contributed by atoms with Crippen LogP contribution in [-0.2, 0) is 11.2 Å². The summed E-state index contributed by atoms with van der Waals surface area (Å²) in [6.45, 7) is 7.07. The van der Waals surface area contributed by atoms with Crippen molar-refractivity contribution < 1.29 is 14.3 Å². The number of esters is 1. The predicted octanol–water partition coefficient (Wildman–Crippen LogP) is 3.99. The number of unbranched alkanes of at least 4 members (excludes halogenated alkanes) is 1. The Morgan fingerprint density at radius 1 is 1.16 bits per heavy atom. The van der Waals surface area contributed by atoms with Crippen LogP contribution in [0.1, 0.15) is 56.0 Å². The van der Waals surface area contributed by atoms with Gasteiger partial charge in [0.05, 0.1) is 13.2 Å². The molecule has 0 aliphatic carbocycles. The summed E-state index contributed by atoms with van der Waals surface area (Å²) in [7, 11) is 0. The molecule has 0 aliphatic rings. The molecular weight excluding hydrogens is 240 g/mol. The van der Waals surface area contributed by atoms with Gasteiger partial charge in [0, 0.05) is 0 Å². The van der Waals surface area contributed by atoms with Crippen LogP contribution in [0.5, 0.6) is 5.75 Å². The van der Waals surface area contributed by atoms with E-state index in [1.165, 1.54) is 5.56 Å². The summed E-state index contributed by atoms with van der Waals surface area (Å²) in [5, 5.41) is 0. The summed E-state index contributed by atoms with van der Waals surface area (Å²) in [6, 6.07) is 5.75. The van der Waals surface area contributed by atoms with E-state index in [0.29, 0.717) is 24.5 Å². The first-order valence-electron chi connectivity index (χ1n) is 7.15. The fraction of sp³-hybridized carbons (Fsp3) is 0.562. The molecule has 0 saturated carbocycles. The van der Waals surface area contributed by atoms with Crippen LogP contribution in [0.15, 0.2) is 18.2 Å². The van der Waals surface area contributed by atoms with E-state index in [-0.39, 0.29) is 5.97 Å². The van der Waals surface area contributed by atoms with Crippen LogP contribution in [0.2, 0.25) is 0 Å². The van der Waals surface area contributed by atoms with Crippen molar-refractivity contribution in [2.45, 2.75) is 46.5 Å². The number of carbonyl (C=O) groups excluding carboxylic acids is 1. The molecule has 0 spiro atoms. The zero-order valence-electron chi connectivity index (χ0n) is 12.2. The fourth-order valence-electron chi connectivity index (χ4n) is 1.83. The van der Waals surface area contributed by atoms with E-state index in [1.807, 2.05) is 18.2 Å². The molecule has 0 aromatic heterocycles.